The van der Waals surface area contributed by atoms with Crippen molar-refractivity contribution < 1.29 is 23.8 Å². The molecule has 1 N–H and O–H groups in total. The largest absolute Gasteiger partial charge is 0.429 e. The number of benzene rings is 2. The van der Waals surface area contributed by atoms with Crippen molar-refractivity contribution in [2.45, 2.75) is 59.5 Å². The fourth-order valence-electron chi connectivity index (χ4n) is 3.52. The second-order valence-corrected chi connectivity index (χ2v) is 8.10. The van der Waals surface area contributed by atoms with Gasteiger partial charge in [-0.15, -0.1) is 0 Å². The minimum absolute atomic E-state index is 0.303. The predicted molar refractivity (Wildman–Crippen MR) is 125 cm³/mol. The summed E-state index contributed by atoms with van der Waals surface area (Å²) in [7, 11) is 0. The molecule has 0 spiro atoms. The third-order valence-corrected chi connectivity index (χ3v) is 5.08. The van der Waals surface area contributed by atoms with Crippen LogP contribution in [-0.2, 0) is 25.4 Å². The van der Waals surface area contributed by atoms with Gasteiger partial charge in [0.2, 0.25) is 0 Å². The first-order valence-corrected chi connectivity index (χ1v) is 11.3. The Morgan fingerprint density at radius 1 is 1.09 bits per heavy atom. The van der Waals surface area contributed by atoms with Crippen LogP contribution in [0.2, 0.25) is 0 Å². The van der Waals surface area contributed by atoms with Crippen LogP contribution in [-0.4, -0.2) is 49.2 Å². The molecule has 2 rings (SSSR count). The summed E-state index contributed by atoms with van der Waals surface area (Å²) in [6.45, 7) is 10.4. The predicted octanol–water partition coefficient (Wildman–Crippen LogP) is 4.69. The number of hydrogen-bond donors (Lipinski definition) is 1. The zero-order valence-corrected chi connectivity index (χ0v) is 19.8. The minimum atomic E-state index is -1.54. The molecule has 0 aliphatic rings. The Kier molecular flexibility index (Phi) is 10.1. The van der Waals surface area contributed by atoms with Gasteiger partial charge in [0.1, 0.15) is 12.3 Å². The Morgan fingerprint density at radius 3 is 2.38 bits per heavy atom. The monoisotopic (exact) mass is 444 g/mol. The third-order valence-electron chi connectivity index (χ3n) is 5.08. The molecule has 0 aromatic heterocycles. The SMILES string of the molecule is CCOC(C)(OCC)OC(=O)N(NCCC(C)C)C(C=O)Cc1cccc2ccccc12. The molecule has 0 heterocycles. The topological polar surface area (TPSA) is 77.1 Å². The van der Waals surface area contributed by atoms with Crippen LogP contribution in [0.4, 0.5) is 4.79 Å². The first-order valence-electron chi connectivity index (χ1n) is 11.3. The van der Waals surface area contributed by atoms with Crippen molar-refractivity contribution in [3.63, 3.8) is 0 Å². The Bertz CT molecular complexity index is 859. The summed E-state index contributed by atoms with van der Waals surface area (Å²) in [5.74, 6) is -1.10. The number of fused-ring (bicyclic) bond motifs is 1. The summed E-state index contributed by atoms with van der Waals surface area (Å²) in [4.78, 5) is 25.3. The molecular weight excluding hydrogens is 408 g/mol. The summed E-state index contributed by atoms with van der Waals surface area (Å²) in [6, 6.07) is 13.2. The van der Waals surface area contributed by atoms with Crippen LogP contribution in [0.1, 0.15) is 46.6 Å². The molecule has 0 radical (unpaired) electrons. The molecule has 2 aromatic rings. The summed E-state index contributed by atoms with van der Waals surface area (Å²) in [5.41, 5.74) is 4.07. The van der Waals surface area contributed by atoms with Crippen molar-refractivity contribution in [2.24, 2.45) is 5.92 Å². The Morgan fingerprint density at radius 2 is 1.75 bits per heavy atom. The average Bonchev–Trinajstić information content (AvgIpc) is 2.75. The zero-order valence-electron chi connectivity index (χ0n) is 19.8. The maximum atomic E-state index is 13.2. The van der Waals surface area contributed by atoms with Gasteiger partial charge in [0, 0.05) is 19.9 Å². The van der Waals surface area contributed by atoms with Crippen LogP contribution in [0.25, 0.3) is 10.8 Å². The molecule has 176 valence electrons. The van der Waals surface area contributed by atoms with Crippen molar-refractivity contribution in [3.05, 3.63) is 48.0 Å². The summed E-state index contributed by atoms with van der Waals surface area (Å²) in [5, 5.41) is 3.38. The molecule has 0 saturated heterocycles. The van der Waals surface area contributed by atoms with Gasteiger partial charge in [-0.3, -0.25) is 0 Å². The van der Waals surface area contributed by atoms with E-state index >= 15 is 0 Å². The Balaban J connectivity index is 2.29. The first kappa shape index (κ1) is 25.8. The van der Waals surface area contributed by atoms with Crippen LogP contribution < -0.4 is 5.43 Å². The third kappa shape index (κ3) is 7.29. The summed E-state index contributed by atoms with van der Waals surface area (Å²) in [6.07, 6.45) is 1.21. The number of hydrogen-bond acceptors (Lipinski definition) is 6. The van der Waals surface area contributed by atoms with E-state index in [9.17, 15) is 9.59 Å². The molecule has 7 heteroatoms. The quantitative estimate of drug-likeness (QED) is 0.274. The number of ether oxygens (including phenoxy) is 3. The maximum absolute atomic E-state index is 13.2. The lowest BCUT2D eigenvalue weighted by atomic mass is 9.99. The molecule has 2 aromatic carbocycles. The number of rotatable bonds is 13. The zero-order chi connectivity index (χ0) is 23.6. The molecule has 1 amide bonds. The molecule has 32 heavy (non-hydrogen) atoms. The number of hydrazine groups is 1. The van der Waals surface area contributed by atoms with Crippen molar-refractivity contribution in [2.75, 3.05) is 19.8 Å². The fraction of sp³-hybridized carbons (Fsp3) is 0.520. The normalized spacial score (nSPS) is 12.7. The molecule has 0 fully saturated rings. The highest BCUT2D eigenvalue weighted by Gasteiger charge is 2.35. The standard InChI is InChI=1S/C25H36N2O5/c1-6-30-25(5,31-7-2)32-24(29)27(26-16-15-19(3)4)22(18-28)17-21-13-10-12-20-11-8-9-14-23(20)21/h8-14,18-19,22,26H,6-7,15-17H2,1-5H3. The van der Waals surface area contributed by atoms with Gasteiger partial charge in [0.25, 0.3) is 0 Å². The summed E-state index contributed by atoms with van der Waals surface area (Å²) < 4.78 is 16.6. The van der Waals surface area contributed by atoms with Crippen molar-refractivity contribution in [3.8, 4) is 0 Å². The highest BCUT2D eigenvalue weighted by atomic mass is 16.9. The van der Waals surface area contributed by atoms with Crippen LogP contribution >= 0.6 is 0 Å². The lowest BCUT2D eigenvalue weighted by molar-refractivity contribution is -0.344. The number of carbonyl (C=O) groups is 2. The number of nitrogens with zero attached hydrogens (tertiary/aromatic N) is 1. The lowest BCUT2D eigenvalue weighted by Crippen LogP contribution is -2.54. The highest BCUT2D eigenvalue weighted by molar-refractivity contribution is 5.86. The second kappa shape index (κ2) is 12.5. The molecule has 0 saturated carbocycles. The van der Waals surface area contributed by atoms with E-state index in [1.165, 1.54) is 5.01 Å². The van der Waals surface area contributed by atoms with Gasteiger partial charge < -0.3 is 19.0 Å². The van der Waals surface area contributed by atoms with Gasteiger partial charge in [-0.05, 0) is 42.5 Å². The lowest BCUT2D eigenvalue weighted by Gasteiger charge is -2.34. The van der Waals surface area contributed by atoms with Gasteiger partial charge in [-0.2, -0.15) is 0 Å². The Labute approximate surface area is 191 Å². The van der Waals surface area contributed by atoms with E-state index in [4.69, 9.17) is 14.2 Å². The molecular formula is C25H36N2O5. The minimum Gasteiger partial charge on any atom is -0.390 e. The van der Waals surface area contributed by atoms with Crippen molar-refractivity contribution in [1.29, 1.82) is 0 Å². The second-order valence-electron chi connectivity index (χ2n) is 8.10. The van der Waals surface area contributed by atoms with Crippen molar-refractivity contribution >= 4 is 23.2 Å². The molecule has 0 aliphatic carbocycles. The maximum Gasteiger partial charge on any atom is 0.429 e. The van der Waals surface area contributed by atoms with E-state index in [2.05, 4.69) is 19.3 Å². The number of carbonyl (C=O) groups excluding carboxylic acids is 2. The number of aldehydes is 1. The molecule has 1 atom stereocenters. The van der Waals surface area contributed by atoms with E-state index in [0.29, 0.717) is 32.1 Å². The van der Waals surface area contributed by atoms with Gasteiger partial charge in [0.15, 0.2) is 0 Å². The van der Waals surface area contributed by atoms with Gasteiger partial charge in [0.05, 0.1) is 13.2 Å². The fourth-order valence-corrected chi connectivity index (χ4v) is 3.52. The molecule has 0 bridgehead atoms. The van der Waals surface area contributed by atoms with Crippen LogP contribution in [0.5, 0.6) is 0 Å². The van der Waals surface area contributed by atoms with Crippen molar-refractivity contribution in [1.82, 2.24) is 10.4 Å². The van der Waals surface area contributed by atoms with Gasteiger partial charge in [-0.1, -0.05) is 56.3 Å². The van der Waals surface area contributed by atoms with Crippen LogP contribution in [0, 0.1) is 5.92 Å². The van der Waals surface area contributed by atoms with Gasteiger partial charge >= 0.3 is 12.1 Å². The number of amides is 1. The van der Waals surface area contributed by atoms with E-state index in [1.807, 2.05) is 42.5 Å². The van der Waals surface area contributed by atoms with E-state index < -0.39 is 18.1 Å². The first-order chi connectivity index (χ1) is 15.3. The van der Waals surface area contributed by atoms with Gasteiger partial charge in [-0.25, -0.2) is 15.2 Å². The summed E-state index contributed by atoms with van der Waals surface area (Å²) >= 11 is 0. The van der Waals surface area contributed by atoms with E-state index in [0.717, 1.165) is 29.0 Å². The Hall–Kier alpha value is -2.48. The number of nitrogens with one attached hydrogen (secondary N) is 1. The van der Waals surface area contributed by atoms with Crippen LogP contribution in [0.15, 0.2) is 42.5 Å². The molecule has 7 nitrogen and oxygen atoms in total. The average molecular weight is 445 g/mol. The van der Waals surface area contributed by atoms with Crippen LogP contribution in [0.3, 0.4) is 0 Å². The smallest absolute Gasteiger partial charge is 0.390 e. The molecule has 0 aliphatic heterocycles. The highest BCUT2D eigenvalue weighted by Crippen LogP contribution is 2.22. The van der Waals surface area contributed by atoms with E-state index in [1.54, 1.807) is 20.8 Å². The molecule has 1 unspecified atom stereocenters. The van der Waals surface area contributed by atoms with E-state index in [-0.39, 0.29) is 0 Å².